The minimum Gasteiger partial charge on any atom is -0.467 e. The van der Waals surface area contributed by atoms with Crippen LogP contribution in [0, 0.1) is 12.3 Å². The van der Waals surface area contributed by atoms with E-state index in [1.807, 2.05) is 6.08 Å². The van der Waals surface area contributed by atoms with E-state index in [2.05, 4.69) is 188 Å². The Kier molecular flexibility index (Phi) is 9.03. The average Bonchev–Trinajstić information content (AvgIpc) is 3.76. The van der Waals surface area contributed by atoms with Crippen molar-refractivity contribution in [1.29, 1.82) is 0 Å². The highest BCUT2D eigenvalue weighted by atomic mass is 31.1. The maximum atomic E-state index is 7.34. The second kappa shape index (κ2) is 13.6. The molecule has 266 valence electrons. The van der Waals surface area contributed by atoms with E-state index in [4.69, 9.17) is 9.73 Å². The van der Waals surface area contributed by atoms with Crippen molar-refractivity contribution in [1.82, 2.24) is 0 Å². The fraction of sp³-hybridized carbons (Fsp3) is 0.260. The summed E-state index contributed by atoms with van der Waals surface area (Å²) in [6.07, 6.45) is 6.08. The third-order valence-electron chi connectivity index (χ3n) is 11.7. The topological polar surface area (TPSA) is 21.6 Å². The zero-order chi connectivity index (χ0) is 37.0. The zero-order valence-corrected chi connectivity index (χ0v) is 32.8. The second-order valence-electron chi connectivity index (χ2n) is 16.5. The summed E-state index contributed by atoms with van der Waals surface area (Å²) in [4.78, 5) is 5.68. The molecule has 0 saturated carbocycles. The molecule has 0 saturated heterocycles. The predicted molar refractivity (Wildman–Crippen MR) is 225 cm³/mol. The van der Waals surface area contributed by atoms with Crippen LogP contribution >= 0.6 is 7.92 Å². The van der Waals surface area contributed by atoms with Crippen molar-refractivity contribution in [3.8, 4) is 0 Å². The maximum absolute atomic E-state index is 7.34. The fourth-order valence-corrected chi connectivity index (χ4v) is 12.3. The molecule has 2 aliphatic carbocycles. The van der Waals surface area contributed by atoms with E-state index in [1.165, 1.54) is 49.3 Å². The SMILES string of the molecule is C=C/C(C)=C\C1=C(C2=N[C@@H](c3ccccc3)[C@H](c3ccccc3)O2)[C@@]2(CC1(C)C)CC(C)(C)c1cc(C)cc(P(c3ccccc3)c3ccccc3)c12. The second-order valence-corrected chi connectivity index (χ2v) is 18.7. The summed E-state index contributed by atoms with van der Waals surface area (Å²) in [6.45, 7) is 18.4. The minimum absolute atomic E-state index is 0.0741. The lowest BCUT2D eigenvalue weighted by atomic mass is 9.71. The van der Waals surface area contributed by atoms with E-state index in [9.17, 15) is 0 Å². The van der Waals surface area contributed by atoms with Crippen molar-refractivity contribution < 1.29 is 4.74 Å². The van der Waals surface area contributed by atoms with Crippen LogP contribution in [0.3, 0.4) is 0 Å². The van der Waals surface area contributed by atoms with E-state index < -0.39 is 7.92 Å². The lowest BCUT2D eigenvalue weighted by Crippen LogP contribution is -2.36. The highest BCUT2D eigenvalue weighted by Crippen LogP contribution is 2.66. The largest absolute Gasteiger partial charge is 0.467 e. The number of allylic oxidation sites excluding steroid dienone is 4. The molecule has 0 aromatic heterocycles. The van der Waals surface area contributed by atoms with Gasteiger partial charge in [-0.25, -0.2) is 4.99 Å². The first-order valence-electron chi connectivity index (χ1n) is 19.0. The van der Waals surface area contributed by atoms with Gasteiger partial charge in [0.25, 0.3) is 0 Å². The first-order valence-corrected chi connectivity index (χ1v) is 20.3. The Bertz CT molecular complexity index is 2210. The fourth-order valence-electron chi connectivity index (χ4n) is 9.60. The summed E-state index contributed by atoms with van der Waals surface area (Å²) in [5.74, 6) is 0.792. The normalized spacial score (nSPS) is 22.9. The predicted octanol–water partition coefficient (Wildman–Crippen LogP) is 11.4. The molecule has 0 bridgehead atoms. The number of aliphatic imine (C=N–C) groups is 1. The van der Waals surface area contributed by atoms with Crippen LogP contribution < -0.4 is 15.9 Å². The number of fused-ring (bicyclic) bond motifs is 2. The third kappa shape index (κ3) is 6.16. The van der Waals surface area contributed by atoms with Gasteiger partial charge in [-0.3, -0.25) is 0 Å². The molecular formula is C50H50NOP. The van der Waals surface area contributed by atoms with Crippen LogP contribution in [0.4, 0.5) is 0 Å². The number of hydrogen-bond donors (Lipinski definition) is 0. The Morgan fingerprint density at radius 1 is 0.736 bits per heavy atom. The van der Waals surface area contributed by atoms with Crippen LogP contribution in [0.1, 0.15) is 87.4 Å². The number of benzene rings is 5. The molecule has 3 heteroatoms. The molecule has 0 unspecified atom stereocenters. The molecule has 5 aromatic rings. The number of rotatable bonds is 8. The molecule has 0 N–H and O–H groups in total. The van der Waals surface area contributed by atoms with Gasteiger partial charge in [0.1, 0.15) is 6.04 Å². The zero-order valence-electron chi connectivity index (χ0n) is 31.9. The van der Waals surface area contributed by atoms with Gasteiger partial charge >= 0.3 is 0 Å². The standard InChI is InChI=1S/C50H50NOP/c1-8-34(2)29-41-44(47-51-45(36-21-13-9-14-22-36)46(52-47)37-23-15-10-16-24-37)50(33-49(41,6)7)32-48(4,5)40-30-35(3)31-42(43(40)50)53(38-25-17-11-18-26-38)39-27-19-12-20-28-39/h8-31,45-46H,1,32-33H2,2-7H3/b34-29-/t45-,46-,50+/m0/s1. The molecule has 0 fully saturated rings. The van der Waals surface area contributed by atoms with Crippen LogP contribution in [0.5, 0.6) is 0 Å². The van der Waals surface area contributed by atoms with Crippen molar-refractivity contribution in [3.63, 3.8) is 0 Å². The summed E-state index contributed by atoms with van der Waals surface area (Å²) in [7, 11) is -0.870. The molecule has 1 spiro atoms. The average molecular weight is 712 g/mol. The summed E-state index contributed by atoms with van der Waals surface area (Å²) < 4.78 is 7.34. The van der Waals surface area contributed by atoms with Gasteiger partial charge in [0.15, 0.2) is 6.10 Å². The molecule has 5 aromatic carbocycles. The Morgan fingerprint density at radius 2 is 1.26 bits per heavy atom. The van der Waals surface area contributed by atoms with Crippen molar-refractivity contribution in [3.05, 3.63) is 197 Å². The quantitative estimate of drug-likeness (QED) is 0.116. The molecule has 0 radical (unpaired) electrons. The smallest absolute Gasteiger partial charge is 0.214 e. The Morgan fingerprint density at radius 3 is 1.83 bits per heavy atom. The Labute approximate surface area is 317 Å². The van der Waals surface area contributed by atoms with E-state index in [1.54, 1.807) is 0 Å². The molecule has 8 rings (SSSR count). The Hall–Kier alpha value is -4.78. The number of hydrogen-bond acceptors (Lipinski definition) is 2. The van der Waals surface area contributed by atoms with E-state index >= 15 is 0 Å². The van der Waals surface area contributed by atoms with Crippen LogP contribution in [0.15, 0.2) is 174 Å². The van der Waals surface area contributed by atoms with Gasteiger partial charge in [-0.2, -0.15) is 0 Å². The van der Waals surface area contributed by atoms with E-state index in [-0.39, 0.29) is 28.4 Å². The monoisotopic (exact) mass is 711 g/mol. The third-order valence-corrected chi connectivity index (χ3v) is 14.1. The van der Waals surface area contributed by atoms with E-state index in [0.29, 0.717) is 0 Å². The molecule has 53 heavy (non-hydrogen) atoms. The lowest BCUT2D eigenvalue weighted by Gasteiger charge is -2.35. The van der Waals surface area contributed by atoms with Gasteiger partial charge < -0.3 is 4.74 Å². The number of aryl methyl sites for hydroxylation is 1. The minimum atomic E-state index is -0.870. The molecule has 1 heterocycles. The maximum Gasteiger partial charge on any atom is 0.214 e. The van der Waals surface area contributed by atoms with Gasteiger partial charge in [0.05, 0.1) is 0 Å². The van der Waals surface area contributed by atoms with Crippen molar-refractivity contribution >= 4 is 29.7 Å². The van der Waals surface area contributed by atoms with Crippen molar-refractivity contribution in [2.45, 2.75) is 77.4 Å². The highest BCUT2D eigenvalue weighted by Gasteiger charge is 2.60. The van der Waals surface area contributed by atoms with Crippen LogP contribution in [-0.2, 0) is 15.6 Å². The number of ether oxygens (including phenoxy) is 1. The first-order chi connectivity index (χ1) is 25.5. The summed E-state index contributed by atoms with van der Waals surface area (Å²) in [5.41, 5.74) is 9.75. The van der Waals surface area contributed by atoms with Crippen molar-refractivity contribution in [2.24, 2.45) is 10.4 Å². The van der Waals surface area contributed by atoms with Crippen LogP contribution in [0.25, 0.3) is 0 Å². The molecule has 1 aliphatic heterocycles. The molecule has 3 aliphatic rings. The van der Waals surface area contributed by atoms with Gasteiger partial charge in [-0.1, -0.05) is 191 Å². The van der Waals surface area contributed by atoms with Gasteiger partial charge in [-0.05, 0) is 89.2 Å². The number of nitrogens with zero attached hydrogens (tertiary/aromatic N) is 1. The Balaban J connectivity index is 1.44. The molecule has 0 amide bonds. The van der Waals surface area contributed by atoms with Crippen molar-refractivity contribution in [2.75, 3.05) is 0 Å². The van der Waals surface area contributed by atoms with Gasteiger partial charge in [-0.15, -0.1) is 0 Å². The van der Waals surface area contributed by atoms with Crippen LogP contribution in [0.2, 0.25) is 0 Å². The summed E-state index contributed by atoms with van der Waals surface area (Å²) in [6, 6.07) is 48.6. The van der Waals surface area contributed by atoms with Gasteiger partial charge in [0, 0.05) is 11.0 Å². The first kappa shape index (κ1) is 35.3. The highest BCUT2D eigenvalue weighted by molar-refractivity contribution is 7.80. The summed E-state index contributed by atoms with van der Waals surface area (Å²) >= 11 is 0. The summed E-state index contributed by atoms with van der Waals surface area (Å²) in [5, 5.41) is 4.19. The van der Waals surface area contributed by atoms with Gasteiger partial charge in [0.2, 0.25) is 5.90 Å². The molecule has 2 nitrogen and oxygen atoms in total. The lowest BCUT2D eigenvalue weighted by molar-refractivity contribution is 0.194. The molecule has 3 atom stereocenters. The molecular weight excluding hydrogens is 662 g/mol. The van der Waals surface area contributed by atoms with Crippen LogP contribution in [-0.4, -0.2) is 5.90 Å². The van der Waals surface area contributed by atoms with E-state index in [0.717, 1.165) is 29.9 Å².